The zero-order valence-corrected chi connectivity index (χ0v) is 12.4. The van der Waals surface area contributed by atoms with Gasteiger partial charge in [0, 0.05) is 19.6 Å². The molecule has 1 amide bonds. The number of hydrogen-bond acceptors (Lipinski definition) is 3. The third-order valence-electron chi connectivity index (χ3n) is 4.03. The molecule has 1 rings (SSSR count). The van der Waals surface area contributed by atoms with Crippen molar-refractivity contribution in [2.75, 3.05) is 40.3 Å². The Morgan fingerprint density at radius 2 is 1.94 bits per heavy atom. The number of amides is 1. The van der Waals surface area contributed by atoms with E-state index in [0.29, 0.717) is 12.5 Å². The zero-order valence-electron chi connectivity index (χ0n) is 12.4. The van der Waals surface area contributed by atoms with Crippen LogP contribution in [0, 0.1) is 11.3 Å². The predicted octanol–water partition coefficient (Wildman–Crippen LogP) is 1.16. The Hall–Kier alpha value is -0.610. The summed E-state index contributed by atoms with van der Waals surface area (Å²) >= 11 is 0. The Balaban J connectivity index is 2.51. The number of nitrogens with two attached hydrogens (primary N) is 1. The van der Waals surface area contributed by atoms with Crippen molar-refractivity contribution in [3.63, 3.8) is 0 Å². The van der Waals surface area contributed by atoms with Crippen molar-refractivity contribution in [3.8, 4) is 0 Å². The van der Waals surface area contributed by atoms with Gasteiger partial charge < -0.3 is 15.5 Å². The highest BCUT2D eigenvalue weighted by atomic mass is 16.2. The van der Waals surface area contributed by atoms with Crippen LogP contribution in [-0.2, 0) is 4.79 Å². The first-order valence-corrected chi connectivity index (χ1v) is 7.09. The Labute approximate surface area is 111 Å². The standard InChI is InChI=1S/C14H29N3O/c1-5-17(8-6-7-16(3)4)13(18)14(11-15)9-12(2)10-14/h12H,5-11,15H2,1-4H3. The average Bonchev–Trinajstić information content (AvgIpc) is 2.29. The van der Waals surface area contributed by atoms with Crippen LogP contribution >= 0.6 is 0 Å². The maximum absolute atomic E-state index is 12.6. The van der Waals surface area contributed by atoms with Crippen LogP contribution in [0.2, 0.25) is 0 Å². The molecular weight excluding hydrogens is 226 g/mol. The molecule has 0 atom stereocenters. The van der Waals surface area contributed by atoms with Crippen LogP contribution in [0.5, 0.6) is 0 Å². The highest BCUT2D eigenvalue weighted by Gasteiger charge is 2.48. The second-order valence-electron chi connectivity index (χ2n) is 6.04. The van der Waals surface area contributed by atoms with E-state index in [-0.39, 0.29) is 11.3 Å². The van der Waals surface area contributed by atoms with Gasteiger partial charge in [-0.2, -0.15) is 0 Å². The van der Waals surface area contributed by atoms with E-state index in [2.05, 4.69) is 32.8 Å². The summed E-state index contributed by atoms with van der Waals surface area (Å²) in [7, 11) is 4.13. The average molecular weight is 255 g/mol. The van der Waals surface area contributed by atoms with Gasteiger partial charge in [-0.1, -0.05) is 6.92 Å². The van der Waals surface area contributed by atoms with Crippen molar-refractivity contribution < 1.29 is 4.79 Å². The van der Waals surface area contributed by atoms with Gasteiger partial charge in [0.05, 0.1) is 5.41 Å². The number of carbonyl (C=O) groups excluding carboxylic acids is 1. The topological polar surface area (TPSA) is 49.6 Å². The number of carbonyl (C=O) groups is 1. The second kappa shape index (κ2) is 6.53. The van der Waals surface area contributed by atoms with Crippen LogP contribution in [0.25, 0.3) is 0 Å². The molecule has 4 nitrogen and oxygen atoms in total. The van der Waals surface area contributed by atoms with Crippen molar-refractivity contribution in [1.29, 1.82) is 0 Å². The Morgan fingerprint density at radius 3 is 2.33 bits per heavy atom. The molecule has 0 aromatic carbocycles. The maximum Gasteiger partial charge on any atom is 0.230 e. The van der Waals surface area contributed by atoms with E-state index in [1.165, 1.54) is 0 Å². The van der Waals surface area contributed by atoms with Gasteiger partial charge in [0.15, 0.2) is 0 Å². The Bertz CT molecular complexity index is 272. The SMILES string of the molecule is CCN(CCCN(C)C)C(=O)C1(CN)CC(C)C1. The summed E-state index contributed by atoms with van der Waals surface area (Å²) in [5.74, 6) is 0.933. The molecule has 18 heavy (non-hydrogen) atoms. The largest absolute Gasteiger partial charge is 0.342 e. The quantitative estimate of drug-likeness (QED) is 0.743. The fraction of sp³-hybridized carbons (Fsp3) is 0.929. The lowest BCUT2D eigenvalue weighted by atomic mass is 9.62. The van der Waals surface area contributed by atoms with E-state index < -0.39 is 0 Å². The summed E-state index contributed by atoms with van der Waals surface area (Å²) in [6, 6.07) is 0. The van der Waals surface area contributed by atoms with Crippen LogP contribution < -0.4 is 5.73 Å². The van der Waals surface area contributed by atoms with Gasteiger partial charge in [-0.15, -0.1) is 0 Å². The van der Waals surface area contributed by atoms with Crippen LogP contribution in [0.1, 0.15) is 33.1 Å². The van der Waals surface area contributed by atoms with Crippen molar-refractivity contribution in [1.82, 2.24) is 9.80 Å². The van der Waals surface area contributed by atoms with Gasteiger partial charge in [0.1, 0.15) is 0 Å². The number of nitrogens with zero attached hydrogens (tertiary/aromatic N) is 2. The fourth-order valence-corrected chi connectivity index (χ4v) is 3.02. The summed E-state index contributed by atoms with van der Waals surface area (Å²) in [6.07, 6.45) is 2.96. The van der Waals surface area contributed by atoms with Gasteiger partial charge in [0.25, 0.3) is 0 Å². The maximum atomic E-state index is 12.6. The van der Waals surface area contributed by atoms with Gasteiger partial charge in [-0.05, 0) is 52.7 Å². The summed E-state index contributed by atoms with van der Waals surface area (Å²) < 4.78 is 0. The molecule has 0 aliphatic heterocycles. The zero-order chi connectivity index (χ0) is 13.8. The molecule has 0 saturated heterocycles. The lowest BCUT2D eigenvalue weighted by Crippen LogP contribution is -2.54. The Kier molecular flexibility index (Phi) is 5.60. The molecule has 0 aromatic heterocycles. The molecule has 1 aliphatic rings. The molecule has 1 saturated carbocycles. The monoisotopic (exact) mass is 255 g/mol. The van der Waals surface area contributed by atoms with Crippen molar-refractivity contribution in [3.05, 3.63) is 0 Å². The van der Waals surface area contributed by atoms with E-state index in [0.717, 1.165) is 38.9 Å². The van der Waals surface area contributed by atoms with Gasteiger partial charge in [0.2, 0.25) is 5.91 Å². The fourth-order valence-electron chi connectivity index (χ4n) is 3.02. The smallest absolute Gasteiger partial charge is 0.230 e. The van der Waals surface area contributed by atoms with Gasteiger partial charge >= 0.3 is 0 Å². The molecule has 0 aromatic rings. The lowest BCUT2D eigenvalue weighted by Gasteiger charge is -2.46. The summed E-state index contributed by atoms with van der Waals surface area (Å²) in [5.41, 5.74) is 5.60. The first-order valence-electron chi connectivity index (χ1n) is 7.09. The lowest BCUT2D eigenvalue weighted by molar-refractivity contribution is -0.149. The molecule has 106 valence electrons. The van der Waals surface area contributed by atoms with Crippen LogP contribution in [-0.4, -0.2) is 56.0 Å². The molecule has 0 bridgehead atoms. The normalized spacial score (nSPS) is 27.1. The molecule has 0 spiro atoms. The third-order valence-corrected chi connectivity index (χ3v) is 4.03. The molecular formula is C14H29N3O. The van der Waals surface area contributed by atoms with E-state index in [1.807, 2.05) is 4.90 Å². The third kappa shape index (κ3) is 3.45. The van der Waals surface area contributed by atoms with Crippen LogP contribution in [0.4, 0.5) is 0 Å². The minimum absolute atomic E-state index is 0.243. The number of hydrogen-bond donors (Lipinski definition) is 1. The van der Waals surface area contributed by atoms with E-state index >= 15 is 0 Å². The molecule has 0 unspecified atom stereocenters. The van der Waals surface area contributed by atoms with Gasteiger partial charge in [-0.25, -0.2) is 0 Å². The van der Waals surface area contributed by atoms with Crippen molar-refractivity contribution in [2.45, 2.75) is 33.1 Å². The Morgan fingerprint density at radius 1 is 1.33 bits per heavy atom. The van der Waals surface area contributed by atoms with Crippen LogP contribution in [0.15, 0.2) is 0 Å². The molecule has 1 fully saturated rings. The van der Waals surface area contributed by atoms with Crippen LogP contribution in [0.3, 0.4) is 0 Å². The highest BCUT2D eigenvalue weighted by molar-refractivity contribution is 5.84. The van der Waals surface area contributed by atoms with Crippen molar-refractivity contribution in [2.24, 2.45) is 17.1 Å². The minimum Gasteiger partial charge on any atom is -0.342 e. The first kappa shape index (κ1) is 15.4. The first-order chi connectivity index (χ1) is 8.45. The number of rotatable bonds is 7. The van der Waals surface area contributed by atoms with E-state index in [1.54, 1.807) is 0 Å². The predicted molar refractivity (Wildman–Crippen MR) is 75.3 cm³/mol. The van der Waals surface area contributed by atoms with E-state index in [9.17, 15) is 4.79 Å². The minimum atomic E-state index is -0.243. The van der Waals surface area contributed by atoms with E-state index in [4.69, 9.17) is 5.73 Å². The van der Waals surface area contributed by atoms with Crippen molar-refractivity contribution >= 4 is 5.91 Å². The summed E-state index contributed by atoms with van der Waals surface area (Å²) in [6.45, 7) is 7.42. The highest BCUT2D eigenvalue weighted by Crippen LogP contribution is 2.45. The summed E-state index contributed by atoms with van der Waals surface area (Å²) in [5, 5.41) is 0. The molecule has 2 N–H and O–H groups in total. The summed E-state index contributed by atoms with van der Waals surface area (Å²) in [4.78, 5) is 16.7. The molecule has 0 radical (unpaired) electrons. The molecule has 4 heteroatoms. The second-order valence-corrected chi connectivity index (χ2v) is 6.04. The van der Waals surface area contributed by atoms with Gasteiger partial charge in [-0.3, -0.25) is 4.79 Å². The molecule has 0 heterocycles. The molecule has 1 aliphatic carbocycles.